The Morgan fingerprint density at radius 2 is 2.00 bits per heavy atom. The highest BCUT2D eigenvalue weighted by Crippen LogP contribution is 2.24. The molecule has 0 aromatic heterocycles. The summed E-state index contributed by atoms with van der Waals surface area (Å²) in [4.78, 5) is 27.6. The number of imide groups is 1. The Bertz CT molecular complexity index is 379. The standard InChI is InChI=1S/C14H25N3O2/c1-10(2)11-6-5-7-16(11)8-9-17-12(18)14(3,4)15-13(17)19/h10-11H,5-9H2,1-4H3,(H,15,19). The number of urea groups is 1. The summed E-state index contributed by atoms with van der Waals surface area (Å²) < 4.78 is 0. The molecule has 2 rings (SSSR count). The Labute approximate surface area is 115 Å². The molecule has 2 fully saturated rings. The lowest BCUT2D eigenvalue weighted by molar-refractivity contribution is -0.130. The predicted octanol–water partition coefficient (Wildman–Crippen LogP) is 1.44. The second-order valence-electron chi connectivity index (χ2n) is 6.50. The number of carbonyl (C=O) groups is 2. The van der Waals surface area contributed by atoms with E-state index in [1.165, 1.54) is 17.7 Å². The maximum Gasteiger partial charge on any atom is 0.325 e. The van der Waals surface area contributed by atoms with E-state index in [1.807, 2.05) is 0 Å². The van der Waals surface area contributed by atoms with Gasteiger partial charge in [0.25, 0.3) is 5.91 Å². The molecule has 3 amide bonds. The van der Waals surface area contributed by atoms with Gasteiger partial charge in [-0.25, -0.2) is 4.79 Å². The molecule has 0 aliphatic carbocycles. The molecule has 2 heterocycles. The molecule has 2 aliphatic heterocycles. The molecule has 0 saturated carbocycles. The second-order valence-corrected chi connectivity index (χ2v) is 6.50. The fourth-order valence-electron chi connectivity index (χ4n) is 3.13. The third-order valence-electron chi connectivity index (χ3n) is 4.24. The van der Waals surface area contributed by atoms with Crippen LogP contribution in [-0.2, 0) is 4.79 Å². The van der Waals surface area contributed by atoms with Gasteiger partial charge in [-0.3, -0.25) is 14.6 Å². The van der Waals surface area contributed by atoms with Crippen LogP contribution >= 0.6 is 0 Å². The van der Waals surface area contributed by atoms with Crippen molar-refractivity contribution in [3.05, 3.63) is 0 Å². The van der Waals surface area contributed by atoms with Crippen molar-refractivity contribution in [1.82, 2.24) is 15.1 Å². The third kappa shape index (κ3) is 2.76. The normalized spacial score (nSPS) is 27.4. The molecule has 19 heavy (non-hydrogen) atoms. The number of rotatable bonds is 4. The van der Waals surface area contributed by atoms with Gasteiger partial charge in [-0.2, -0.15) is 0 Å². The van der Waals surface area contributed by atoms with Crippen LogP contribution in [0.1, 0.15) is 40.5 Å². The van der Waals surface area contributed by atoms with Gasteiger partial charge in [-0.15, -0.1) is 0 Å². The molecule has 0 aromatic rings. The van der Waals surface area contributed by atoms with Crippen molar-refractivity contribution >= 4 is 11.9 Å². The van der Waals surface area contributed by atoms with E-state index >= 15 is 0 Å². The van der Waals surface area contributed by atoms with Crippen LogP contribution in [0.5, 0.6) is 0 Å². The smallest absolute Gasteiger partial charge is 0.324 e. The molecule has 5 nitrogen and oxygen atoms in total. The van der Waals surface area contributed by atoms with Gasteiger partial charge in [0.1, 0.15) is 5.54 Å². The van der Waals surface area contributed by atoms with Crippen molar-refractivity contribution in [3.63, 3.8) is 0 Å². The Hall–Kier alpha value is -1.10. The Balaban J connectivity index is 1.92. The first kappa shape index (κ1) is 14.3. The van der Waals surface area contributed by atoms with Crippen LogP contribution in [0, 0.1) is 5.92 Å². The van der Waals surface area contributed by atoms with Gasteiger partial charge in [-0.05, 0) is 39.2 Å². The molecule has 108 valence electrons. The first-order chi connectivity index (χ1) is 8.83. The van der Waals surface area contributed by atoms with Crippen molar-refractivity contribution in [2.75, 3.05) is 19.6 Å². The first-order valence-electron chi connectivity index (χ1n) is 7.21. The van der Waals surface area contributed by atoms with Gasteiger partial charge in [0.2, 0.25) is 0 Å². The number of likely N-dealkylation sites (tertiary alicyclic amines) is 1. The first-order valence-corrected chi connectivity index (χ1v) is 7.21. The summed E-state index contributed by atoms with van der Waals surface area (Å²) in [5.41, 5.74) is -0.750. The topological polar surface area (TPSA) is 52.6 Å². The number of amides is 3. The zero-order valence-electron chi connectivity index (χ0n) is 12.4. The highest BCUT2D eigenvalue weighted by atomic mass is 16.2. The highest BCUT2D eigenvalue weighted by Gasteiger charge is 2.44. The quantitative estimate of drug-likeness (QED) is 0.784. The number of hydrogen-bond donors (Lipinski definition) is 1. The minimum atomic E-state index is -0.750. The van der Waals surface area contributed by atoms with Gasteiger partial charge in [0.05, 0.1) is 0 Å². The molecule has 1 unspecified atom stereocenters. The minimum Gasteiger partial charge on any atom is -0.324 e. The molecule has 1 atom stereocenters. The summed E-state index contributed by atoms with van der Waals surface area (Å²) in [7, 11) is 0. The molecule has 0 aromatic carbocycles. The summed E-state index contributed by atoms with van der Waals surface area (Å²) in [6.07, 6.45) is 2.44. The minimum absolute atomic E-state index is 0.113. The fourth-order valence-corrected chi connectivity index (χ4v) is 3.13. The Morgan fingerprint density at radius 3 is 2.53 bits per heavy atom. The van der Waals surface area contributed by atoms with E-state index in [1.54, 1.807) is 13.8 Å². The van der Waals surface area contributed by atoms with Crippen molar-refractivity contribution in [3.8, 4) is 0 Å². The molecular formula is C14H25N3O2. The average Bonchev–Trinajstić information content (AvgIpc) is 2.82. The van der Waals surface area contributed by atoms with Crippen LogP contribution in [0.2, 0.25) is 0 Å². The van der Waals surface area contributed by atoms with E-state index in [9.17, 15) is 9.59 Å². The molecule has 0 bridgehead atoms. The molecule has 1 N–H and O–H groups in total. The van der Waals surface area contributed by atoms with Crippen LogP contribution in [0.15, 0.2) is 0 Å². The van der Waals surface area contributed by atoms with Crippen LogP contribution in [-0.4, -0.2) is 53.0 Å². The van der Waals surface area contributed by atoms with Crippen LogP contribution in [0.3, 0.4) is 0 Å². The summed E-state index contributed by atoms with van der Waals surface area (Å²) in [5.74, 6) is 0.514. The van der Waals surface area contributed by atoms with Crippen LogP contribution < -0.4 is 5.32 Å². The molecular weight excluding hydrogens is 242 g/mol. The monoisotopic (exact) mass is 267 g/mol. The number of nitrogens with one attached hydrogen (secondary N) is 1. The van der Waals surface area contributed by atoms with Crippen molar-refractivity contribution < 1.29 is 9.59 Å². The summed E-state index contributed by atoms with van der Waals surface area (Å²) in [6.45, 7) is 10.3. The van der Waals surface area contributed by atoms with Gasteiger partial charge in [0, 0.05) is 19.1 Å². The fraction of sp³-hybridized carbons (Fsp3) is 0.857. The molecule has 2 aliphatic rings. The summed E-state index contributed by atoms with van der Waals surface area (Å²) in [5, 5.41) is 2.72. The van der Waals surface area contributed by atoms with E-state index < -0.39 is 5.54 Å². The average molecular weight is 267 g/mol. The van der Waals surface area contributed by atoms with Crippen LogP contribution in [0.4, 0.5) is 4.79 Å². The molecule has 2 saturated heterocycles. The lowest BCUT2D eigenvalue weighted by Gasteiger charge is -2.28. The lowest BCUT2D eigenvalue weighted by atomic mass is 10.0. The van der Waals surface area contributed by atoms with E-state index in [0.29, 0.717) is 18.5 Å². The molecule has 0 spiro atoms. The van der Waals surface area contributed by atoms with E-state index in [2.05, 4.69) is 24.1 Å². The number of hydrogen-bond acceptors (Lipinski definition) is 3. The van der Waals surface area contributed by atoms with Crippen molar-refractivity contribution in [1.29, 1.82) is 0 Å². The van der Waals surface area contributed by atoms with Gasteiger partial charge >= 0.3 is 6.03 Å². The van der Waals surface area contributed by atoms with E-state index in [4.69, 9.17) is 0 Å². The Kier molecular flexibility index (Phi) is 3.85. The van der Waals surface area contributed by atoms with Gasteiger partial charge in [-0.1, -0.05) is 13.8 Å². The van der Waals surface area contributed by atoms with E-state index in [-0.39, 0.29) is 11.9 Å². The van der Waals surface area contributed by atoms with Crippen molar-refractivity contribution in [2.24, 2.45) is 5.92 Å². The van der Waals surface area contributed by atoms with Crippen molar-refractivity contribution in [2.45, 2.75) is 52.1 Å². The maximum atomic E-state index is 12.1. The predicted molar refractivity (Wildman–Crippen MR) is 73.8 cm³/mol. The molecule has 0 radical (unpaired) electrons. The van der Waals surface area contributed by atoms with Crippen LogP contribution in [0.25, 0.3) is 0 Å². The number of carbonyl (C=O) groups excluding carboxylic acids is 2. The maximum absolute atomic E-state index is 12.1. The number of nitrogens with zero attached hydrogens (tertiary/aromatic N) is 2. The summed E-state index contributed by atoms with van der Waals surface area (Å²) in [6, 6.07) is 0.337. The lowest BCUT2D eigenvalue weighted by Crippen LogP contribution is -2.43. The second kappa shape index (κ2) is 5.12. The zero-order valence-corrected chi connectivity index (χ0v) is 12.4. The van der Waals surface area contributed by atoms with E-state index in [0.717, 1.165) is 13.1 Å². The third-order valence-corrected chi connectivity index (χ3v) is 4.24. The largest absolute Gasteiger partial charge is 0.325 e. The van der Waals surface area contributed by atoms with Gasteiger partial charge in [0.15, 0.2) is 0 Å². The van der Waals surface area contributed by atoms with Gasteiger partial charge < -0.3 is 5.32 Å². The zero-order chi connectivity index (χ0) is 14.2. The molecule has 5 heteroatoms. The Morgan fingerprint density at radius 1 is 1.32 bits per heavy atom. The highest BCUT2D eigenvalue weighted by molar-refractivity contribution is 6.06. The summed E-state index contributed by atoms with van der Waals surface area (Å²) >= 11 is 0. The SMILES string of the molecule is CC(C)C1CCCN1CCN1C(=O)NC(C)(C)C1=O.